The second-order valence-electron chi connectivity index (χ2n) is 4.30. The minimum Gasteiger partial charge on any atom is -0.508 e. The summed E-state index contributed by atoms with van der Waals surface area (Å²) in [6.45, 7) is 1.88. The summed E-state index contributed by atoms with van der Waals surface area (Å²) >= 11 is 0. The fraction of sp³-hybridized carbons (Fsp3) is 0.357. The number of rotatable bonds is 4. The van der Waals surface area contributed by atoms with Gasteiger partial charge >= 0.3 is 5.97 Å². The van der Waals surface area contributed by atoms with E-state index in [1.54, 1.807) is 12.1 Å². The highest BCUT2D eigenvalue weighted by Crippen LogP contribution is 2.17. The van der Waals surface area contributed by atoms with E-state index in [9.17, 15) is 4.79 Å². The zero-order valence-electron chi connectivity index (χ0n) is 10.2. The van der Waals surface area contributed by atoms with Crippen molar-refractivity contribution in [2.45, 2.75) is 19.3 Å². The molecule has 96 valence electrons. The molecule has 0 saturated carbocycles. The van der Waals surface area contributed by atoms with Crippen LogP contribution >= 0.6 is 0 Å². The third-order valence-electron chi connectivity index (χ3n) is 2.82. The maximum absolute atomic E-state index is 11.6. The molecule has 0 amide bonds. The van der Waals surface area contributed by atoms with Gasteiger partial charge in [-0.3, -0.25) is 4.79 Å². The molecule has 1 aliphatic heterocycles. The van der Waals surface area contributed by atoms with Gasteiger partial charge in [0.15, 0.2) is 0 Å². The molecular formula is C14H17NO3. The lowest BCUT2D eigenvalue weighted by Gasteiger charge is -2.13. The zero-order chi connectivity index (χ0) is 12.8. The van der Waals surface area contributed by atoms with E-state index in [2.05, 4.69) is 11.4 Å². The van der Waals surface area contributed by atoms with Gasteiger partial charge in [0.25, 0.3) is 0 Å². The molecule has 2 N–H and O–H groups in total. The van der Waals surface area contributed by atoms with Crippen LogP contribution in [0.5, 0.6) is 11.5 Å². The molecule has 1 aromatic rings. The normalized spacial score (nSPS) is 15.0. The molecule has 0 fully saturated rings. The Balaban J connectivity index is 1.78. The minimum atomic E-state index is -0.243. The SMILES string of the molecule is O=C(CCC1=CCCNC1)Oc1ccc(O)cc1. The summed E-state index contributed by atoms with van der Waals surface area (Å²) < 4.78 is 5.16. The molecule has 0 unspecified atom stereocenters. The minimum absolute atomic E-state index is 0.160. The smallest absolute Gasteiger partial charge is 0.311 e. The number of carbonyl (C=O) groups excluding carboxylic acids is 1. The Morgan fingerprint density at radius 3 is 2.78 bits per heavy atom. The molecule has 1 aromatic carbocycles. The Morgan fingerprint density at radius 1 is 1.33 bits per heavy atom. The van der Waals surface area contributed by atoms with Crippen LogP contribution in [0, 0.1) is 0 Å². The van der Waals surface area contributed by atoms with Crippen LogP contribution in [0.4, 0.5) is 0 Å². The third kappa shape index (κ3) is 3.89. The van der Waals surface area contributed by atoms with E-state index >= 15 is 0 Å². The van der Waals surface area contributed by atoms with Crippen molar-refractivity contribution >= 4 is 5.97 Å². The van der Waals surface area contributed by atoms with E-state index in [4.69, 9.17) is 9.84 Å². The van der Waals surface area contributed by atoms with Crippen LogP contribution in [0.2, 0.25) is 0 Å². The van der Waals surface area contributed by atoms with Crippen LogP contribution in [0.3, 0.4) is 0 Å². The summed E-state index contributed by atoms with van der Waals surface area (Å²) in [6, 6.07) is 6.15. The van der Waals surface area contributed by atoms with Crippen molar-refractivity contribution in [3.63, 3.8) is 0 Å². The number of aromatic hydroxyl groups is 1. The highest BCUT2D eigenvalue weighted by Gasteiger charge is 2.08. The molecule has 0 aromatic heterocycles. The number of esters is 1. The van der Waals surface area contributed by atoms with Crippen molar-refractivity contribution in [3.05, 3.63) is 35.9 Å². The molecule has 0 atom stereocenters. The van der Waals surface area contributed by atoms with Crippen LogP contribution in [0.15, 0.2) is 35.9 Å². The van der Waals surface area contributed by atoms with Gasteiger partial charge in [0, 0.05) is 13.0 Å². The Morgan fingerprint density at radius 2 is 2.11 bits per heavy atom. The molecule has 4 nitrogen and oxygen atoms in total. The first-order valence-corrected chi connectivity index (χ1v) is 6.12. The predicted octanol–water partition coefficient (Wildman–Crippen LogP) is 2.00. The number of hydrogen-bond acceptors (Lipinski definition) is 4. The van der Waals surface area contributed by atoms with E-state index in [1.165, 1.54) is 17.7 Å². The summed E-state index contributed by atoms with van der Waals surface area (Å²) in [5.41, 5.74) is 1.27. The summed E-state index contributed by atoms with van der Waals surface area (Å²) in [4.78, 5) is 11.6. The standard InChI is InChI=1S/C14H17NO3/c16-12-4-6-13(7-5-12)18-14(17)8-3-11-2-1-9-15-10-11/h2,4-7,15-16H,1,3,8-10H2. The van der Waals surface area contributed by atoms with Gasteiger partial charge in [-0.05, 0) is 43.7 Å². The number of hydrogen-bond donors (Lipinski definition) is 2. The predicted molar refractivity (Wildman–Crippen MR) is 68.5 cm³/mol. The quantitative estimate of drug-likeness (QED) is 0.485. The van der Waals surface area contributed by atoms with Crippen molar-refractivity contribution < 1.29 is 14.6 Å². The number of carbonyl (C=O) groups is 1. The molecule has 1 aliphatic rings. The van der Waals surface area contributed by atoms with Gasteiger partial charge < -0.3 is 15.2 Å². The largest absolute Gasteiger partial charge is 0.508 e. The maximum atomic E-state index is 11.6. The number of ether oxygens (including phenoxy) is 1. The topological polar surface area (TPSA) is 58.6 Å². The highest BCUT2D eigenvalue weighted by molar-refractivity contribution is 5.72. The molecule has 4 heteroatoms. The number of phenols is 1. The maximum Gasteiger partial charge on any atom is 0.311 e. The van der Waals surface area contributed by atoms with Gasteiger partial charge in [0.05, 0.1) is 0 Å². The lowest BCUT2D eigenvalue weighted by molar-refractivity contribution is -0.134. The Bertz CT molecular complexity index is 437. The Kier molecular flexibility index (Phi) is 4.36. The number of benzene rings is 1. The molecule has 0 radical (unpaired) electrons. The zero-order valence-corrected chi connectivity index (χ0v) is 10.2. The summed E-state index contributed by atoms with van der Waals surface area (Å²) in [5, 5.41) is 12.4. The summed E-state index contributed by atoms with van der Waals surface area (Å²) in [5.74, 6) is 0.383. The fourth-order valence-electron chi connectivity index (χ4n) is 1.85. The van der Waals surface area contributed by atoms with E-state index < -0.39 is 0 Å². The van der Waals surface area contributed by atoms with Crippen LogP contribution in [-0.4, -0.2) is 24.2 Å². The average molecular weight is 247 g/mol. The van der Waals surface area contributed by atoms with E-state index in [0.29, 0.717) is 12.2 Å². The monoisotopic (exact) mass is 247 g/mol. The first kappa shape index (κ1) is 12.6. The number of nitrogens with one attached hydrogen (secondary N) is 1. The fourth-order valence-corrected chi connectivity index (χ4v) is 1.85. The molecule has 18 heavy (non-hydrogen) atoms. The molecule has 0 saturated heterocycles. The Labute approximate surface area is 106 Å². The first-order chi connectivity index (χ1) is 8.74. The first-order valence-electron chi connectivity index (χ1n) is 6.12. The van der Waals surface area contributed by atoms with E-state index in [-0.39, 0.29) is 11.7 Å². The van der Waals surface area contributed by atoms with Crippen molar-refractivity contribution in [2.75, 3.05) is 13.1 Å². The van der Waals surface area contributed by atoms with Crippen LogP contribution in [0.25, 0.3) is 0 Å². The Hall–Kier alpha value is -1.81. The van der Waals surface area contributed by atoms with Crippen molar-refractivity contribution in [1.82, 2.24) is 5.32 Å². The van der Waals surface area contributed by atoms with Crippen molar-refractivity contribution in [1.29, 1.82) is 0 Å². The average Bonchev–Trinajstić information content (AvgIpc) is 2.40. The molecule has 1 heterocycles. The van der Waals surface area contributed by atoms with Gasteiger partial charge in [-0.25, -0.2) is 0 Å². The summed E-state index contributed by atoms with van der Waals surface area (Å²) in [6.07, 6.45) is 4.34. The highest BCUT2D eigenvalue weighted by atomic mass is 16.5. The van der Waals surface area contributed by atoms with E-state index in [0.717, 1.165) is 25.9 Å². The lowest BCUT2D eigenvalue weighted by atomic mass is 10.1. The second kappa shape index (κ2) is 6.21. The number of phenolic OH excluding ortho intramolecular Hbond substituents is 1. The molecule has 0 spiro atoms. The van der Waals surface area contributed by atoms with Crippen molar-refractivity contribution in [3.8, 4) is 11.5 Å². The molecular weight excluding hydrogens is 230 g/mol. The second-order valence-corrected chi connectivity index (χ2v) is 4.30. The van der Waals surface area contributed by atoms with Gasteiger partial charge in [-0.1, -0.05) is 11.6 Å². The van der Waals surface area contributed by atoms with Crippen LogP contribution in [-0.2, 0) is 4.79 Å². The molecule has 0 aliphatic carbocycles. The van der Waals surface area contributed by atoms with Crippen LogP contribution in [0.1, 0.15) is 19.3 Å². The molecule has 2 rings (SSSR count). The van der Waals surface area contributed by atoms with Gasteiger partial charge in [0.2, 0.25) is 0 Å². The summed E-state index contributed by atoms with van der Waals surface area (Å²) in [7, 11) is 0. The van der Waals surface area contributed by atoms with Gasteiger partial charge in [-0.2, -0.15) is 0 Å². The molecule has 0 bridgehead atoms. The third-order valence-corrected chi connectivity index (χ3v) is 2.82. The van der Waals surface area contributed by atoms with E-state index in [1.807, 2.05) is 0 Å². The van der Waals surface area contributed by atoms with Gasteiger partial charge in [-0.15, -0.1) is 0 Å². The van der Waals surface area contributed by atoms with Crippen LogP contribution < -0.4 is 10.1 Å². The lowest BCUT2D eigenvalue weighted by Crippen LogP contribution is -2.22. The van der Waals surface area contributed by atoms with Crippen molar-refractivity contribution in [2.24, 2.45) is 0 Å². The van der Waals surface area contributed by atoms with Gasteiger partial charge in [0.1, 0.15) is 11.5 Å².